The molecular weight excluding hydrogens is 204 g/mol. The first-order chi connectivity index (χ1) is 7.15. The highest BCUT2D eigenvalue weighted by molar-refractivity contribution is 7.80. The van der Waals surface area contributed by atoms with E-state index in [2.05, 4.69) is 42.8 Å². The average Bonchev–Trinajstić information content (AvgIpc) is 2.16. The van der Waals surface area contributed by atoms with Crippen LogP contribution < -0.4 is 5.32 Å². The first-order valence-electron chi connectivity index (χ1n) is 5.01. The van der Waals surface area contributed by atoms with Crippen LogP contribution in [0.15, 0.2) is 35.2 Å². The molecule has 3 heteroatoms. The van der Waals surface area contributed by atoms with Crippen molar-refractivity contribution in [1.29, 1.82) is 0 Å². The van der Waals surface area contributed by atoms with Crippen LogP contribution in [0.25, 0.3) is 10.9 Å². The molecule has 1 heterocycles. The van der Waals surface area contributed by atoms with Crippen molar-refractivity contribution in [3.8, 4) is 0 Å². The Hall–Kier alpha value is -1.22. The molecule has 0 spiro atoms. The summed E-state index contributed by atoms with van der Waals surface area (Å²) in [5.74, 6) is 0.913. The molecule has 2 nitrogen and oxygen atoms in total. The molecule has 0 unspecified atom stereocenters. The zero-order chi connectivity index (χ0) is 10.8. The van der Waals surface area contributed by atoms with E-state index in [1.165, 1.54) is 0 Å². The maximum Gasteiger partial charge on any atom is 0.126 e. The number of hydrogen-bond donors (Lipinski definition) is 2. The molecule has 1 aromatic carbocycles. The Kier molecular flexibility index (Phi) is 2.82. The van der Waals surface area contributed by atoms with Crippen molar-refractivity contribution >= 4 is 29.3 Å². The second-order valence-corrected chi connectivity index (χ2v) is 4.39. The van der Waals surface area contributed by atoms with Crippen LogP contribution in [0.1, 0.15) is 13.8 Å². The summed E-state index contributed by atoms with van der Waals surface area (Å²) in [5, 5.41) is 4.42. The van der Waals surface area contributed by atoms with E-state index < -0.39 is 0 Å². The summed E-state index contributed by atoms with van der Waals surface area (Å²) < 4.78 is 0. The fourth-order valence-corrected chi connectivity index (χ4v) is 1.68. The van der Waals surface area contributed by atoms with Gasteiger partial charge in [0.15, 0.2) is 0 Å². The van der Waals surface area contributed by atoms with E-state index in [0.29, 0.717) is 6.04 Å². The third kappa shape index (κ3) is 2.42. The molecular formula is C12H14N2S. The minimum absolute atomic E-state index is 0.397. The van der Waals surface area contributed by atoms with Crippen molar-refractivity contribution in [3.63, 3.8) is 0 Å². The van der Waals surface area contributed by atoms with Crippen molar-refractivity contribution in [2.75, 3.05) is 5.32 Å². The monoisotopic (exact) mass is 218 g/mol. The van der Waals surface area contributed by atoms with E-state index >= 15 is 0 Å². The van der Waals surface area contributed by atoms with Gasteiger partial charge in [0, 0.05) is 16.3 Å². The van der Waals surface area contributed by atoms with E-state index in [-0.39, 0.29) is 0 Å². The van der Waals surface area contributed by atoms with E-state index in [1.54, 1.807) is 0 Å². The second-order valence-electron chi connectivity index (χ2n) is 3.87. The fourth-order valence-electron chi connectivity index (χ4n) is 1.48. The quantitative estimate of drug-likeness (QED) is 0.756. The summed E-state index contributed by atoms with van der Waals surface area (Å²) in [6.45, 7) is 4.20. The Labute approximate surface area is 95.1 Å². The maximum absolute atomic E-state index is 4.52. The zero-order valence-electron chi connectivity index (χ0n) is 8.86. The number of thiol groups is 1. The molecule has 1 N–H and O–H groups in total. The van der Waals surface area contributed by atoms with Crippen molar-refractivity contribution in [3.05, 3.63) is 30.3 Å². The SMILES string of the molecule is CC(C)Nc1ccc2ccc(S)cc2n1. The summed E-state index contributed by atoms with van der Waals surface area (Å²) in [5.41, 5.74) is 0.980. The Morgan fingerprint density at radius 2 is 1.93 bits per heavy atom. The number of nitrogens with one attached hydrogen (secondary N) is 1. The van der Waals surface area contributed by atoms with Crippen molar-refractivity contribution in [2.45, 2.75) is 24.8 Å². The van der Waals surface area contributed by atoms with Crippen LogP contribution in [0.4, 0.5) is 5.82 Å². The summed E-state index contributed by atoms with van der Waals surface area (Å²) in [6.07, 6.45) is 0. The third-order valence-corrected chi connectivity index (χ3v) is 2.39. The van der Waals surface area contributed by atoms with Crippen LogP contribution >= 0.6 is 12.6 Å². The second kappa shape index (κ2) is 4.11. The van der Waals surface area contributed by atoms with Gasteiger partial charge in [0.2, 0.25) is 0 Å². The van der Waals surface area contributed by atoms with E-state index in [0.717, 1.165) is 21.6 Å². The zero-order valence-corrected chi connectivity index (χ0v) is 9.75. The van der Waals surface area contributed by atoms with Gasteiger partial charge in [-0.15, -0.1) is 12.6 Å². The van der Waals surface area contributed by atoms with Crippen LogP contribution in [0.2, 0.25) is 0 Å². The van der Waals surface area contributed by atoms with Crippen LogP contribution in [0.5, 0.6) is 0 Å². The Morgan fingerprint density at radius 3 is 2.67 bits per heavy atom. The summed E-state index contributed by atoms with van der Waals surface area (Å²) in [6, 6.07) is 10.5. The molecule has 0 saturated carbocycles. The number of aromatic nitrogens is 1. The van der Waals surface area contributed by atoms with Gasteiger partial charge in [0.05, 0.1) is 5.52 Å². The molecule has 0 bridgehead atoms. The minimum atomic E-state index is 0.397. The van der Waals surface area contributed by atoms with Crippen molar-refractivity contribution in [2.24, 2.45) is 0 Å². The number of benzene rings is 1. The molecule has 78 valence electrons. The van der Waals surface area contributed by atoms with Gasteiger partial charge in [-0.1, -0.05) is 6.07 Å². The lowest BCUT2D eigenvalue weighted by atomic mass is 10.2. The molecule has 0 amide bonds. The summed E-state index contributed by atoms with van der Waals surface area (Å²) in [4.78, 5) is 5.46. The summed E-state index contributed by atoms with van der Waals surface area (Å²) >= 11 is 4.30. The van der Waals surface area contributed by atoms with Gasteiger partial charge in [-0.05, 0) is 38.1 Å². The average molecular weight is 218 g/mol. The predicted molar refractivity (Wildman–Crippen MR) is 67.8 cm³/mol. The Bertz CT molecular complexity index is 480. The number of pyridine rings is 1. The smallest absolute Gasteiger partial charge is 0.126 e. The molecule has 0 aliphatic carbocycles. The largest absolute Gasteiger partial charge is 0.368 e. The summed E-state index contributed by atoms with van der Waals surface area (Å²) in [7, 11) is 0. The van der Waals surface area contributed by atoms with E-state index in [1.807, 2.05) is 24.3 Å². The Morgan fingerprint density at radius 1 is 1.20 bits per heavy atom. The number of rotatable bonds is 2. The van der Waals surface area contributed by atoms with Gasteiger partial charge < -0.3 is 5.32 Å². The standard InChI is InChI=1S/C12H14N2S/c1-8(2)13-12-6-4-9-3-5-10(15)7-11(9)14-12/h3-8,15H,1-2H3,(H,13,14). The van der Waals surface area contributed by atoms with Gasteiger partial charge in [0.25, 0.3) is 0 Å². The molecule has 15 heavy (non-hydrogen) atoms. The maximum atomic E-state index is 4.52. The van der Waals surface area contributed by atoms with Crippen molar-refractivity contribution in [1.82, 2.24) is 4.98 Å². The first-order valence-corrected chi connectivity index (χ1v) is 5.46. The van der Waals surface area contributed by atoms with Gasteiger partial charge in [0.1, 0.15) is 5.82 Å². The van der Waals surface area contributed by atoms with Crippen LogP contribution in [0.3, 0.4) is 0 Å². The molecule has 1 aromatic heterocycles. The molecule has 0 aliphatic rings. The van der Waals surface area contributed by atoms with Crippen LogP contribution in [-0.2, 0) is 0 Å². The minimum Gasteiger partial charge on any atom is -0.368 e. The van der Waals surface area contributed by atoms with E-state index in [9.17, 15) is 0 Å². The Balaban J connectivity index is 2.45. The highest BCUT2D eigenvalue weighted by atomic mass is 32.1. The van der Waals surface area contributed by atoms with Crippen LogP contribution in [-0.4, -0.2) is 11.0 Å². The number of hydrogen-bond acceptors (Lipinski definition) is 3. The van der Waals surface area contributed by atoms with Gasteiger partial charge >= 0.3 is 0 Å². The molecule has 0 fully saturated rings. The molecule has 2 aromatic rings. The lowest BCUT2D eigenvalue weighted by molar-refractivity contribution is 0.891. The predicted octanol–water partition coefficient (Wildman–Crippen LogP) is 3.34. The molecule has 2 rings (SSSR count). The lowest BCUT2D eigenvalue weighted by Gasteiger charge is -2.09. The van der Waals surface area contributed by atoms with Gasteiger partial charge in [-0.25, -0.2) is 4.98 Å². The van der Waals surface area contributed by atoms with Gasteiger partial charge in [-0.2, -0.15) is 0 Å². The molecule has 0 atom stereocenters. The molecule has 0 saturated heterocycles. The lowest BCUT2D eigenvalue weighted by Crippen LogP contribution is -2.10. The van der Waals surface area contributed by atoms with E-state index in [4.69, 9.17) is 0 Å². The molecule has 0 radical (unpaired) electrons. The normalized spacial score (nSPS) is 10.9. The fraction of sp³-hybridized carbons (Fsp3) is 0.250. The number of nitrogens with zero attached hydrogens (tertiary/aromatic N) is 1. The van der Waals surface area contributed by atoms with Crippen LogP contribution in [0, 0.1) is 0 Å². The third-order valence-electron chi connectivity index (χ3n) is 2.11. The number of fused-ring (bicyclic) bond motifs is 1. The number of anilines is 1. The van der Waals surface area contributed by atoms with Gasteiger partial charge in [-0.3, -0.25) is 0 Å². The highest BCUT2D eigenvalue weighted by Gasteiger charge is 1.99. The highest BCUT2D eigenvalue weighted by Crippen LogP contribution is 2.18. The molecule has 0 aliphatic heterocycles. The first kappa shape index (κ1) is 10.3. The topological polar surface area (TPSA) is 24.9 Å². The van der Waals surface area contributed by atoms with Crippen molar-refractivity contribution < 1.29 is 0 Å².